The standard InChI is InChI=1S/C18H30O6/c1-2-16(21)17(22)11-8-10-15(20)13-14(19)9-6-4-3-5-7-12-18(23)24/h15,20H,2-13H2,1H3,(H,23,24)/t15-/m0/s1. The molecule has 0 aromatic rings. The van der Waals surface area contributed by atoms with Crippen LogP contribution in [0.3, 0.4) is 0 Å². The number of ketones is 3. The van der Waals surface area contributed by atoms with Crippen LogP contribution in [0, 0.1) is 0 Å². The monoisotopic (exact) mass is 342 g/mol. The first-order valence-electron chi connectivity index (χ1n) is 8.84. The van der Waals surface area contributed by atoms with Gasteiger partial charge in [-0.25, -0.2) is 0 Å². The Hall–Kier alpha value is -1.56. The third-order valence-corrected chi connectivity index (χ3v) is 3.88. The lowest BCUT2D eigenvalue weighted by atomic mass is 10.0. The van der Waals surface area contributed by atoms with Crippen LogP contribution >= 0.6 is 0 Å². The SMILES string of the molecule is CCC(=O)C(=O)CCC[C@H](O)CC(=O)CCCCCCCC(=O)O. The number of rotatable bonds is 16. The summed E-state index contributed by atoms with van der Waals surface area (Å²) in [5, 5.41) is 18.3. The van der Waals surface area contributed by atoms with Gasteiger partial charge in [-0.05, 0) is 25.7 Å². The molecule has 0 aliphatic carbocycles. The Balaban J connectivity index is 3.60. The number of unbranched alkanes of at least 4 members (excludes halogenated alkanes) is 4. The number of carbonyl (C=O) groups excluding carboxylic acids is 3. The van der Waals surface area contributed by atoms with Crippen LogP contribution in [0.25, 0.3) is 0 Å². The average molecular weight is 342 g/mol. The number of carboxylic acids is 1. The predicted octanol–water partition coefficient (Wildman–Crippen LogP) is 2.84. The average Bonchev–Trinajstić information content (AvgIpc) is 2.52. The van der Waals surface area contributed by atoms with E-state index in [2.05, 4.69) is 0 Å². The van der Waals surface area contributed by atoms with Crippen molar-refractivity contribution in [2.75, 3.05) is 0 Å². The van der Waals surface area contributed by atoms with Gasteiger partial charge in [0.1, 0.15) is 5.78 Å². The van der Waals surface area contributed by atoms with Crippen LogP contribution in [0.5, 0.6) is 0 Å². The second-order valence-electron chi connectivity index (χ2n) is 6.15. The number of carbonyl (C=O) groups is 4. The molecule has 1 atom stereocenters. The van der Waals surface area contributed by atoms with Crippen molar-refractivity contribution in [3.63, 3.8) is 0 Å². The lowest BCUT2D eigenvalue weighted by molar-refractivity contribution is -0.137. The molecular weight excluding hydrogens is 312 g/mol. The molecular formula is C18H30O6. The number of hydrogen-bond donors (Lipinski definition) is 2. The number of carboxylic acid groups (broad SMARTS) is 1. The highest BCUT2D eigenvalue weighted by Crippen LogP contribution is 2.11. The van der Waals surface area contributed by atoms with Gasteiger partial charge in [-0.2, -0.15) is 0 Å². The van der Waals surface area contributed by atoms with Gasteiger partial charge in [0, 0.05) is 32.1 Å². The third-order valence-electron chi connectivity index (χ3n) is 3.88. The van der Waals surface area contributed by atoms with Crippen LogP contribution in [0.1, 0.15) is 84.0 Å². The third kappa shape index (κ3) is 12.9. The van der Waals surface area contributed by atoms with Crippen molar-refractivity contribution < 1.29 is 29.4 Å². The van der Waals surface area contributed by atoms with Crippen LogP contribution in [0.2, 0.25) is 0 Å². The van der Waals surface area contributed by atoms with Crippen molar-refractivity contribution >= 4 is 23.3 Å². The minimum atomic E-state index is -0.778. The van der Waals surface area contributed by atoms with Crippen LogP contribution in [-0.4, -0.2) is 39.6 Å². The van der Waals surface area contributed by atoms with Crippen LogP contribution in [-0.2, 0) is 19.2 Å². The molecule has 0 aliphatic rings. The maximum atomic E-state index is 11.7. The minimum absolute atomic E-state index is 0.00370. The molecule has 0 amide bonds. The molecule has 6 nitrogen and oxygen atoms in total. The van der Waals surface area contributed by atoms with Gasteiger partial charge in [0.05, 0.1) is 6.10 Å². The quantitative estimate of drug-likeness (QED) is 0.330. The molecule has 0 heterocycles. The van der Waals surface area contributed by atoms with E-state index in [0.717, 1.165) is 25.7 Å². The highest BCUT2D eigenvalue weighted by Gasteiger charge is 2.14. The highest BCUT2D eigenvalue weighted by atomic mass is 16.4. The summed E-state index contributed by atoms with van der Waals surface area (Å²) < 4.78 is 0. The Morgan fingerprint density at radius 1 is 0.792 bits per heavy atom. The zero-order valence-corrected chi connectivity index (χ0v) is 14.6. The van der Waals surface area contributed by atoms with E-state index in [1.165, 1.54) is 0 Å². The number of aliphatic carboxylic acids is 1. The molecule has 0 fully saturated rings. The van der Waals surface area contributed by atoms with E-state index < -0.39 is 17.9 Å². The molecule has 138 valence electrons. The number of aliphatic hydroxyl groups is 1. The largest absolute Gasteiger partial charge is 0.481 e. The summed E-state index contributed by atoms with van der Waals surface area (Å²) in [6.07, 6.45) is 5.13. The minimum Gasteiger partial charge on any atom is -0.481 e. The fraction of sp³-hybridized carbons (Fsp3) is 0.778. The summed E-state index contributed by atoms with van der Waals surface area (Å²) in [5.41, 5.74) is 0. The van der Waals surface area contributed by atoms with Crippen molar-refractivity contribution in [2.24, 2.45) is 0 Å². The van der Waals surface area contributed by atoms with Crippen molar-refractivity contribution in [2.45, 2.75) is 90.1 Å². The normalized spacial score (nSPS) is 11.9. The summed E-state index contributed by atoms with van der Waals surface area (Å²) in [6.45, 7) is 1.64. The van der Waals surface area contributed by atoms with E-state index in [1.54, 1.807) is 6.92 Å². The number of Topliss-reactive ketones (excluding diaryl/α,β-unsaturated/α-hetero) is 3. The number of hydrogen-bond acceptors (Lipinski definition) is 5. The van der Waals surface area contributed by atoms with Crippen LogP contribution < -0.4 is 0 Å². The fourth-order valence-corrected chi connectivity index (χ4v) is 2.43. The summed E-state index contributed by atoms with van der Waals surface area (Å²) in [5.74, 6) is -1.56. The molecule has 0 radical (unpaired) electrons. The lowest BCUT2D eigenvalue weighted by Crippen LogP contribution is -2.16. The van der Waals surface area contributed by atoms with E-state index in [0.29, 0.717) is 25.7 Å². The smallest absolute Gasteiger partial charge is 0.303 e. The number of aliphatic hydroxyl groups excluding tert-OH is 1. The Morgan fingerprint density at radius 2 is 1.38 bits per heavy atom. The molecule has 0 saturated heterocycles. The first kappa shape index (κ1) is 22.4. The van der Waals surface area contributed by atoms with Gasteiger partial charge >= 0.3 is 5.97 Å². The van der Waals surface area contributed by atoms with Crippen molar-refractivity contribution in [3.8, 4) is 0 Å². The summed E-state index contributed by atoms with van der Waals surface area (Å²) >= 11 is 0. The van der Waals surface area contributed by atoms with Crippen LogP contribution in [0.4, 0.5) is 0 Å². The molecule has 0 aromatic carbocycles. The summed E-state index contributed by atoms with van der Waals surface area (Å²) in [7, 11) is 0. The van der Waals surface area contributed by atoms with Gasteiger partial charge in [0.25, 0.3) is 0 Å². The molecule has 0 bridgehead atoms. The molecule has 0 spiro atoms. The fourth-order valence-electron chi connectivity index (χ4n) is 2.43. The van der Waals surface area contributed by atoms with Crippen LogP contribution in [0.15, 0.2) is 0 Å². The molecule has 0 aliphatic heterocycles. The maximum absolute atomic E-state index is 11.7. The molecule has 0 aromatic heterocycles. The molecule has 0 unspecified atom stereocenters. The van der Waals surface area contributed by atoms with E-state index in [1.807, 2.05) is 0 Å². The first-order valence-corrected chi connectivity index (χ1v) is 8.84. The van der Waals surface area contributed by atoms with Gasteiger partial charge < -0.3 is 10.2 Å². The topological polar surface area (TPSA) is 109 Å². The second-order valence-corrected chi connectivity index (χ2v) is 6.15. The Bertz CT molecular complexity index is 416. The summed E-state index contributed by atoms with van der Waals surface area (Å²) in [4.78, 5) is 44.5. The van der Waals surface area contributed by atoms with Crippen molar-refractivity contribution in [1.29, 1.82) is 0 Å². The van der Waals surface area contributed by atoms with E-state index in [9.17, 15) is 24.3 Å². The predicted molar refractivity (Wildman–Crippen MR) is 89.7 cm³/mol. The Morgan fingerprint density at radius 3 is 1.96 bits per heavy atom. The summed E-state index contributed by atoms with van der Waals surface area (Å²) in [6, 6.07) is 0. The molecule has 6 heteroatoms. The Kier molecular flexibility index (Phi) is 12.9. The highest BCUT2D eigenvalue weighted by molar-refractivity contribution is 6.37. The Labute approximate surface area is 143 Å². The van der Waals surface area contributed by atoms with Gasteiger partial charge in [0.15, 0.2) is 11.6 Å². The lowest BCUT2D eigenvalue weighted by Gasteiger charge is -2.09. The molecule has 24 heavy (non-hydrogen) atoms. The zero-order chi connectivity index (χ0) is 18.4. The maximum Gasteiger partial charge on any atom is 0.303 e. The molecule has 0 rings (SSSR count). The second kappa shape index (κ2) is 13.8. The van der Waals surface area contributed by atoms with Gasteiger partial charge in [-0.15, -0.1) is 0 Å². The van der Waals surface area contributed by atoms with Gasteiger partial charge in [-0.1, -0.05) is 26.2 Å². The first-order chi connectivity index (χ1) is 11.4. The molecule has 0 saturated carbocycles. The van der Waals surface area contributed by atoms with E-state index in [4.69, 9.17) is 5.11 Å². The van der Waals surface area contributed by atoms with Crippen molar-refractivity contribution in [3.05, 3.63) is 0 Å². The van der Waals surface area contributed by atoms with E-state index >= 15 is 0 Å². The van der Waals surface area contributed by atoms with Crippen molar-refractivity contribution in [1.82, 2.24) is 0 Å². The van der Waals surface area contributed by atoms with Gasteiger partial charge in [0.2, 0.25) is 0 Å². The van der Waals surface area contributed by atoms with Gasteiger partial charge in [-0.3, -0.25) is 19.2 Å². The zero-order valence-electron chi connectivity index (χ0n) is 14.6. The van der Waals surface area contributed by atoms with E-state index in [-0.39, 0.29) is 37.2 Å². The molecule has 2 N–H and O–H groups in total.